The first kappa shape index (κ1) is 18.8. The summed E-state index contributed by atoms with van der Waals surface area (Å²) in [5, 5.41) is 11.8. The first-order valence-electron chi connectivity index (χ1n) is 7.41. The Kier molecular flexibility index (Phi) is 5.91. The summed E-state index contributed by atoms with van der Waals surface area (Å²) in [6.07, 6.45) is 4.65. The number of hydroxylamine groups is 1. The molecule has 7 nitrogen and oxygen atoms in total. The molecule has 0 radical (unpaired) electrons. The van der Waals surface area contributed by atoms with Crippen molar-refractivity contribution in [1.82, 2.24) is 14.9 Å². The van der Waals surface area contributed by atoms with Gasteiger partial charge in [-0.3, -0.25) is 9.63 Å². The molecular weight excluding hydrogens is 478 g/mol. The lowest BCUT2D eigenvalue weighted by Gasteiger charge is -2.15. The molecule has 0 atom stereocenters. The van der Waals surface area contributed by atoms with Crippen molar-refractivity contribution in [1.29, 1.82) is 0 Å². The van der Waals surface area contributed by atoms with Crippen molar-refractivity contribution in [3.8, 4) is 0 Å². The molecule has 0 bridgehead atoms. The maximum atomic E-state index is 14.2. The molecule has 1 amide bonds. The summed E-state index contributed by atoms with van der Waals surface area (Å²) in [5.41, 5.74) is 3.09. The topological polar surface area (TPSA) is 87.9 Å². The van der Waals surface area contributed by atoms with E-state index in [-0.39, 0.29) is 35.2 Å². The highest BCUT2D eigenvalue weighted by Crippen LogP contribution is 2.33. The molecule has 0 spiro atoms. The quantitative estimate of drug-likeness (QED) is 0.281. The Hall–Kier alpha value is -1.95. The Morgan fingerprint density at radius 2 is 2.27 bits per heavy atom. The number of carbonyl (C=O) groups is 1. The molecule has 10 heteroatoms. The average Bonchev–Trinajstić information content (AvgIpc) is 3.08. The second kappa shape index (κ2) is 8.16. The largest absolute Gasteiger partial charge is 0.394 e. The maximum absolute atomic E-state index is 14.2. The number of nitrogens with zero attached hydrogens (tertiary/aromatic N) is 2. The number of pyridine rings is 1. The molecule has 0 saturated carbocycles. The van der Waals surface area contributed by atoms with E-state index in [0.717, 1.165) is 3.57 Å². The first-order chi connectivity index (χ1) is 12.5. The minimum absolute atomic E-state index is 0.0682. The van der Waals surface area contributed by atoms with Gasteiger partial charge in [-0.05, 0) is 40.8 Å². The SMILES string of the molecule is O=C(NOCCO)c1cn2ccnc2c(Cl)c1Nc1ccc(I)cc1F. The zero-order valence-corrected chi connectivity index (χ0v) is 16.1. The van der Waals surface area contributed by atoms with Gasteiger partial charge in [0.2, 0.25) is 0 Å². The van der Waals surface area contributed by atoms with Crippen LogP contribution in [0.2, 0.25) is 5.02 Å². The number of nitrogens with one attached hydrogen (secondary N) is 2. The first-order valence-corrected chi connectivity index (χ1v) is 8.87. The third kappa shape index (κ3) is 3.90. The van der Waals surface area contributed by atoms with Gasteiger partial charge in [0.15, 0.2) is 5.65 Å². The van der Waals surface area contributed by atoms with E-state index in [2.05, 4.69) is 15.8 Å². The van der Waals surface area contributed by atoms with E-state index in [1.54, 1.807) is 22.7 Å². The lowest BCUT2D eigenvalue weighted by atomic mass is 10.2. The fraction of sp³-hybridized carbons (Fsp3) is 0.125. The van der Waals surface area contributed by atoms with Gasteiger partial charge in [0.05, 0.1) is 30.2 Å². The monoisotopic (exact) mass is 490 g/mol. The fourth-order valence-electron chi connectivity index (χ4n) is 2.26. The van der Waals surface area contributed by atoms with Crippen LogP contribution in [0.3, 0.4) is 0 Å². The highest BCUT2D eigenvalue weighted by molar-refractivity contribution is 14.1. The third-order valence-electron chi connectivity index (χ3n) is 3.42. The summed E-state index contributed by atoms with van der Waals surface area (Å²) in [4.78, 5) is 21.4. The van der Waals surface area contributed by atoms with Crippen LogP contribution in [0.25, 0.3) is 5.65 Å². The van der Waals surface area contributed by atoms with Crippen LogP contribution in [0.1, 0.15) is 10.4 Å². The molecule has 3 N–H and O–H groups in total. The van der Waals surface area contributed by atoms with Gasteiger partial charge in [-0.2, -0.15) is 0 Å². The van der Waals surface area contributed by atoms with E-state index < -0.39 is 11.7 Å². The maximum Gasteiger partial charge on any atom is 0.278 e. The molecule has 0 saturated heterocycles. The van der Waals surface area contributed by atoms with Crippen LogP contribution < -0.4 is 10.8 Å². The molecule has 2 heterocycles. The zero-order chi connectivity index (χ0) is 18.7. The van der Waals surface area contributed by atoms with Gasteiger partial charge in [-0.1, -0.05) is 11.6 Å². The van der Waals surface area contributed by atoms with Gasteiger partial charge in [0, 0.05) is 22.2 Å². The molecule has 0 aliphatic heterocycles. The number of rotatable bonds is 6. The molecule has 0 unspecified atom stereocenters. The predicted molar refractivity (Wildman–Crippen MR) is 103 cm³/mol. The number of hydrogen-bond donors (Lipinski definition) is 3. The van der Waals surface area contributed by atoms with Crippen molar-refractivity contribution >= 4 is 57.1 Å². The van der Waals surface area contributed by atoms with Gasteiger partial charge < -0.3 is 14.8 Å². The van der Waals surface area contributed by atoms with Gasteiger partial charge in [-0.25, -0.2) is 14.9 Å². The van der Waals surface area contributed by atoms with Crippen LogP contribution in [-0.4, -0.2) is 33.6 Å². The molecule has 0 aliphatic carbocycles. The number of imidazole rings is 1. The summed E-state index contributed by atoms with van der Waals surface area (Å²) >= 11 is 8.39. The highest BCUT2D eigenvalue weighted by atomic mass is 127. The van der Waals surface area contributed by atoms with Crippen LogP contribution in [0.15, 0.2) is 36.8 Å². The van der Waals surface area contributed by atoms with Crippen LogP contribution >= 0.6 is 34.2 Å². The van der Waals surface area contributed by atoms with E-state index in [9.17, 15) is 9.18 Å². The number of hydrogen-bond acceptors (Lipinski definition) is 5. The summed E-state index contributed by atoms with van der Waals surface area (Å²) < 4.78 is 16.5. The van der Waals surface area contributed by atoms with E-state index in [0.29, 0.717) is 5.65 Å². The highest BCUT2D eigenvalue weighted by Gasteiger charge is 2.20. The molecule has 3 rings (SSSR count). The Morgan fingerprint density at radius 3 is 3.00 bits per heavy atom. The molecule has 136 valence electrons. The summed E-state index contributed by atoms with van der Waals surface area (Å²) in [6.45, 7) is -0.318. The van der Waals surface area contributed by atoms with Crippen molar-refractivity contribution in [3.05, 3.63) is 56.8 Å². The van der Waals surface area contributed by atoms with Crippen LogP contribution in [0.5, 0.6) is 0 Å². The van der Waals surface area contributed by atoms with Gasteiger partial charge >= 0.3 is 0 Å². The Labute approximate surface area is 166 Å². The standard InChI is InChI=1S/C16H13ClFIN4O3/c17-13-14(21-12-2-1-9(19)7-11(12)18)10(16(25)22-26-6-5-24)8-23-4-3-20-15(13)23/h1-4,7-8,21,24H,5-6H2,(H,22,25). The summed E-state index contributed by atoms with van der Waals surface area (Å²) in [6, 6.07) is 4.63. The zero-order valence-electron chi connectivity index (χ0n) is 13.2. The second-order valence-corrected chi connectivity index (χ2v) is 6.77. The number of amides is 1. The number of anilines is 2. The Morgan fingerprint density at radius 1 is 1.46 bits per heavy atom. The average molecular weight is 491 g/mol. The van der Waals surface area contributed by atoms with Gasteiger partial charge in [0.25, 0.3) is 5.91 Å². The Bertz CT molecular complexity index is 966. The number of aliphatic hydroxyl groups excluding tert-OH is 1. The molecule has 0 fully saturated rings. The van der Waals surface area contributed by atoms with Crippen LogP contribution in [0, 0.1) is 9.39 Å². The lowest BCUT2D eigenvalue weighted by Crippen LogP contribution is -2.26. The number of fused-ring (bicyclic) bond motifs is 1. The van der Waals surface area contributed by atoms with Crippen LogP contribution in [0.4, 0.5) is 15.8 Å². The van der Waals surface area contributed by atoms with E-state index in [1.807, 2.05) is 22.6 Å². The van der Waals surface area contributed by atoms with Crippen molar-refractivity contribution in [2.45, 2.75) is 0 Å². The summed E-state index contributed by atoms with van der Waals surface area (Å²) in [7, 11) is 0. The van der Waals surface area contributed by atoms with Gasteiger partial charge in [-0.15, -0.1) is 0 Å². The van der Waals surface area contributed by atoms with Crippen molar-refractivity contribution in [2.75, 3.05) is 18.5 Å². The smallest absolute Gasteiger partial charge is 0.278 e. The fourth-order valence-corrected chi connectivity index (χ4v) is 3.01. The van der Waals surface area contributed by atoms with E-state index >= 15 is 0 Å². The van der Waals surface area contributed by atoms with E-state index in [4.69, 9.17) is 21.5 Å². The molecule has 26 heavy (non-hydrogen) atoms. The number of carbonyl (C=O) groups excluding carboxylic acids is 1. The normalized spacial score (nSPS) is 10.9. The lowest BCUT2D eigenvalue weighted by molar-refractivity contribution is 0.0168. The molecular formula is C16H13ClFIN4O3. The molecule has 0 aliphatic rings. The van der Waals surface area contributed by atoms with E-state index in [1.165, 1.54) is 18.5 Å². The van der Waals surface area contributed by atoms with Crippen molar-refractivity contribution in [2.24, 2.45) is 0 Å². The molecule has 2 aromatic heterocycles. The third-order valence-corrected chi connectivity index (χ3v) is 4.44. The predicted octanol–water partition coefficient (Wildman–Crippen LogP) is 3.13. The molecule has 3 aromatic rings. The number of aliphatic hydroxyl groups is 1. The number of halogens is 3. The van der Waals surface area contributed by atoms with Crippen LogP contribution in [-0.2, 0) is 4.84 Å². The number of aromatic nitrogens is 2. The molecule has 1 aromatic carbocycles. The van der Waals surface area contributed by atoms with Crippen molar-refractivity contribution in [3.63, 3.8) is 0 Å². The number of benzene rings is 1. The minimum atomic E-state index is -0.607. The summed E-state index contributed by atoms with van der Waals surface area (Å²) in [5.74, 6) is -1.09. The van der Waals surface area contributed by atoms with Crippen molar-refractivity contribution < 1.29 is 19.1 Å². The second-order valence-electron chi connectivity index (χ2n) is 5.14. The van der Waals surface area contributed by atoms with Gasteiger partial charge in [0.1, 0.15) is 10.8 Å². The Balaban J connectivity index is 2.04. The minimum Gasteiger partial charge on any atom is -0.394 e.